The highest BCUT2D eigenvalue weighted by molar-refractivity contribution is 6.80. The Bertz CT molecular complexity index is 1910. The van der Waals surface area contributed by atoms with E-state index in [9.17, 15) is 119 Å². The molecule has 0 spiro atoms. The lowest BCUT2D eigenvalue weighted by atomic mass is 9.82. The summed E-state index contributed by atoms with van der Waals surface area (Å²) in [6.45, 7) is 3.13. The van der Waals surface area contributed by atoms with Crippen molar-refractivity contribution in [2.24, 2.45) is 0 Å². The van der Waals surface area contributed by atoms with Gasteiger partial charge >= 0.3 is 114 Å². The molecule has 1 unspecified atom stereocenters. The number of hydrogen-bond donors (Lipinski definition) is 0. The molecule has 0 aromatic heterocycles. The molecule has 0 radical (unpaired) electrons. The Morgan fingerprint density at radius 2 is 0.543 bits per heavy atom. The van der Waals surface area contributed by atoms with Gasteiger partial charge in [-0.1, -0.05) is 63.6 Å². The highest BCUT2D eigenvalue weighted by Gasteiger charge is 2.93. The average molecular weight is 1310 g/mol. The fraction of sp³-hybridized carbons (Fsp3) is 1.00. The lowest BCUT2D eigenvalue weighted by Gasteiger charge is -2.47. The van der Waals surface area contributed by atoms with Crippen LogP contribution in [-0.4, -0.2) is 134 Å². The van der Waals surface area contributed by atoms with Crippen molar-refractivity contribution in [3.05, 3.63) is 0 Å². The molecule has 1 fully saturated rings. The van der Waals surface area contributed by atoms with Crippen LogP contribution in [0.25, 0.3) is 0 Å². The highest BCUT2D eigenvalue weighted by Crippen LogP contribution is 2.66. The van der Waals surface area contributed by atoms with Gasteiger partial charge in [-0.2, -0.15) is 171 Å². The SMILES string of the molecule is CCCCCCCCB1OC(C)(C)C(C)(C[Si](CCC(F)(F)C(F)(F)C(F)(F)C(F)(F)C(F)(F)C(F)(F)F)(CCC(F)(F)C(F)(F)C(F)(F)C(F)(F)C(F)(F)C(F)(F)F)CCC(F)(F)C(F)(F)C(F)(F)C(F)(F)C(F)(F)C(F)(F)F)O1. The summed E-state index contributed by atoms with van der Waals surface area (Å²) in [5.74, 6) is -128. The quantitative estimate of drug-likeness (QED) is 0.0405. The van der Waals surface area contributed by atoms with Crippen LogP contribution < -0.4 is 0 Å². The van der Waals surface area contributed by atoms with E-state index in [1.165, 1.54) is 0 Å². The minimum absolute atomic E-state index is 0.130. The molecule has 0 aromatic rings. The van der Waals surface area contributed by atoms with Gasteiger partial charge in [0.1, 0.15) is 0 Å². The van der Waals surface area contributed by atoms with Crippen LogP contribution in [0, 0.1) is 0 Å². The minimum atomic E-state index is -8.90. The molecule has 0 aromatic carbocycles. The van der Waals surface area contributed by atoms with E-state index in [1.54, 1.807) is 6.92 Å². The summed E-state index contributed by atoms with van der Waals surface area (Å²) in [5.41, 5.74) is -5.82. The van der Waals surface area contributed by atoms with Crippen molar-refractivity contribution in [3.8, 4) is 0 Å². The monoisotopic (exact) mass is 1310 g/mol. The Balaban J connectivity index is 4.62. The first kappa shape index (κ1) is 76.5. The van der Waals surface area contributed by atoms with Gasteiger partial charge in [-0.05, 0) is 33.1 Å². The third-order valence-electron chi connectivity index (χ3n) is 13.5. The smallest absolute Gasteiger partial charge is 0.403 e. The van der Waals surface area contributed by atoms with Gasteiger partial charge in [0.15, 0.2) is 0 Å². The largest absolute Gasteiger partial charge is 0.460 e. The molecule has 1 atom stereocenters. The Morgan fingerprint density at radius 3 is 0.790 bits per heavy atom. The van der Waals surface area contributed by atoms with E-state index in [1.807, 2.05) is 0 Å². The van der Waals surface area contributed by atoms with E-state index in [0.29, 0.717) is 39.5 Å². The molecule has 1 heterocycles. The maximum absolute atomic E-state index is 15.5. The zero-order valence-corrected chi connectivity index (χ0v) is 41.5. The highest BCUT2D eigenvalue weighted by atomic mass is 28.3. The second-order valence-corrected chi connectivity index (χ2v) is 24.5. The van der Waals surface area contributed by atoms with Crippen LogP contribution >= 0.6 is 0 Å². The summed E-state index contributed by atoms with van der Waals surface area (Å²) in [5, 5.41) is 0. The van der Waals surface area contributed by atoms with E-state index in [0.717, 1.165) is 0 Å². The molecule has 0 N–H and O–H groups in total. The second kappa shape index (κ2) is 22.3. The van der Waals surface area contributed by atoms with Crippen molar-refractivity contribution in [1.82, 2.24) is 0 Å². The number of rotatable bonds is 30. The molecule has 43 heteroatoms. The van der Waals surface area contributed by atoms with Crippen molar-refractivity contribution in [3.63, 3.8) is 0 Å². The van der Waals surface area contributed by atoms with Crippen molar-refractivity contribution in [2.45, 2.75) is 235 Å². The van der Waals surface area contributed by atoms with E-state index in [4.69, 9.17) is 9.31 Å². The molecule has 484 valence electrons. The minimum Gasteiger partial charge on any atom is -0.403 e. The van der Waals surface area contributed by atoms with Gasteiger partial charge in [0.25, 0.3) is 0 Å². The van der Waals surface area contributed by atoms with E-state index in [2.05, 4.69) is 0 Å². The van der Waals surface area contributed by atoms with Crippen LogP contribution in [0.1, 0.15) is 85.5 Å². The summed E-state index contributed by atoms with van der Waals surface area (Å²) in [7, 11) is -9.10. The van der Waals surface area contributed by atoms with Gasteiger partial charge in [0, 0.05) is 19.3 Å². The number of halogens is 39. The molecular formula is C38H40BF39O2Si. The van der Waals surface area contributed by atoms with Crippen molar-refractivity contribution >= 4 is 15.2 Å². The van der Waals surface area contributed by atoms with Crippen LogP contribution in [0.5, 0.6) is 0 Å². The summed E-state index contributed by atoms with van der Waals surface area (Å²) in [6.07, 6.45) is -35.3. The van der Waals surface area contributed by atoms with Gasteiger partial charge in [0.05, 0.1) is 19.3 Å². The molecule has 1 rings (SSSR count). The van der Waals surface area contributed by atoms with Crippen LogP contribution in [0.3, 0.4) is 0 Å². The van der Waals surface area contributed by atoms with Crippen LogP contribution in [0.2, 0.25) is 30.5 Å². The number of alkyl halides is 39. The molecular weight excluding hydrogens is 1270 g/mol. The number of unbranched alkanes of at least 4 members (excludes halogenated alkanes) is 5. The lowest BCUT2D eigenvalue weighted by Crippen LogP contribution is -2.70. The van der Waals surface area contributed by atoms with Gasteiger partial charge in [-0.15, -0.1) is 0 Å². The molecule has 0 saturated carbocycles. The predicted octanol–water partition coefficient (Wildman–Crippen LogP) is 19.3. The topological polar surface area (TPSA) is 18.5 Å². The summed E-state index contributed by atoms with van der Waals surface area (Å²) >= 11 is 0. The molecule has 1 aliphatic heterocycles. The fourth-order valence-corrected chi connectivity index (χ4v) is 13.6. The lowest BCUT2D eigenvalue weighted by molar-refractivity contribution is -0.440. The van der Waals surface area contributed by atoms with E-state index < -0.39 is 184 Å². The Hall–Kier alpha value is -2.53. The molecule has 0 amide bonds. The predicted molar refractivity (Wildman–Crippen MR) is 200 cm³/mol. The van der Waals surface area contributed by atoms with Crippen molar-refractivity contribution < 1.29 is 181 Å². The first-order chi connectivity index (χ1) is 35.0. The average Bonchev–Trinajstić information content (AvgIpc) is 3.48. The van der Waals surface area contributed by atoms with Gasteiger partial charge in [-0.3, -0.25) is 0 Å². The third-order valence-corrected chi connectivity index (χ3v) is 18.9. The van der Waals surface area contributed by atoms with Crippen molar-refractivity contribution in [2.75, 3.05) is 0 Å². The Kier molecular flexibility index (Phi) is 21.1. The third kappa shape index (κ3) is 12.7. The molecule has 0 aliphatic carbocycles. The zero-order valence-electron chi connectivity index (χ0n) is 40.5. The first-order valence-corrected chi connectivity index (χ1v) is 25.0. The zero-order chi connectivity index (χ0) is 65.4. The van der Waals surface area contributed by atoms with E-state index in [-0.39, 0.29) is 19.8 Å². The molecule has 0 bridgehead atoms. The fourth-order valence-electron chi connectivity index (χ4n) is 7.87. The van der Waals surface area contributed by atoms with Crippen molar-refractivity contribution in [1.29, 1.82) is 0 Å². The Morgan fingerprint density at radius 1 is 0.309 bits per heavy atom. The van der Waals surface area contributed by atoms with Gasteiger partial charge < -0.3 is 9.31 Å². The normalized spacial score (nSPS) is 19.5. The summed E-state index contributed by atoms with van der Waals surface area (Å²) < 4.78 is 562. The van der Waals surface area contributed by atoms with Gasteiger partial charge in [-0.25, -0.2) is 0 Å². The van der Waals surface area contributed by atoms with Crippen LogP contribution in [0.15, 0.2) is 0 Å². The van der Waals surface area contributed by atoms with Crippen LogP contribution in [0.4, 0.5) is 171 Å². The molecule has 1 aliphatic rings. The number of hydrogen-bond acceptors (Lipinski definition) is 2. The summed E-state index contributed by atoms with van der Waals surface area (Å²) in [4.78, 5) is 0. The standard InChI is InChI=1S/C38H40BF39O2Si/c1-5-6-7-8-9-10-14-39-79-19(2,3)20(4,80-39)18-81(15-11-21(40,41)24(46,47)27(52,53)30(58,59)33(64,65)36(70,71)72,16-12-22(42,43)25(48,49)28(54,55)31(60,61)34(66,67)37(73,74)75)17-13-23(44,45)26(50,51)29(56,57)32(62,63)35(68,69)38(76,77)78/h5-18H2,1-4H3. The maximum atomic E-state index is 15.5. The second-order valence-electron chi connectivity index (χ2n) is 19.6. The van der Waals surface area contributed by atoms with Gasteiger partial charge in [0.2, 0.25) is 0 Å². The first-order valence-electron chi connectivity index (χ1n) is 22.2. The van der Waals surface area contributed by atoms with Crippen LogP contribution in [-0.2, 0) is 9.31 Å². The molecule has 81 heavy (non-hydrogen) atoms. The molecule has 2 nitrogen and oxygen atoms in total. The van der Waals surface area contributed by atoms with E-state index >= 15 is 52.7 Å². The molecule has 1 saturated heterocycles. The Labute approximate surface area is 430 Å². The summed E-state index contributed by atoms with van der Waals surface area (Å²) in [6, 6.07) is -12.3. The maximum Gasteiger partial charge on any atom is 0.460 e.